The molecule has 0 aliphatic carbocycles. The summed E-state index contributed by atoms with van der Waals surface area (Å²) in [5.74, 6) is -0.858. The summed E-state index contributed by atoms with van der Waals surface area (Å²) in [4.78, 5) is 53.1. The first-order chi connectivity index (χ1) is 17.4. The maximum absolute atomic E-state index is 12.8. The van der Waals surface area contributed by atoms with Crippen molar-refractivity contribution in [2.75, 3.05) is 26.2 Å². The number of aromatic nitrogens is 3. The predicted octanol–water partition coefficient (Wildman–Crippen LogP) is 1.19. The van der Waals surface area contributed by atoms with E-state index in [1.807, 2.05) is 12.1 Å². The number of carbonyl (C=O) groups is 3. The molecule has 4 bridgehead atoms. The Bertz CT molecular complexity index is 1310. The van der Waals surface area contributed by atoms with Crippen LogP contribution in [0.15, 0.2) is 47.3 Å². The second kappa shape index (κ2) is 11.3. The van der Waals surface area contributed by atoms with E-state index in [1.54, 1.807) is 30.3 Å². The van der Waals surface area contributed by atoms with Crippen LogP contribution in [0.3, 0.4) is 0 Å². The van der Waals surface area contributed by atoms with Crippen LogP contribution in [0.2, 0.25) is 0 Å². The summed E-state index contributed by atoms with van der Waals surface area (Å²) in [5, 5.41) is 22.0. The van der Waals surface area contributed by atoms with Crippen LogP contribution in [0.4, 0.5) is 0 Å². The summed E-state index contributed by atoms with van der Waals surface area (Å²) in [6, 6.07) is 12.3. The van der Waals surface area contributed by atoms with Crippen molar-refractivity contribution in [2.45, 2.75) is 25.7 Å². The second-order valence-electron chi connectivity index (χ2n) is 8.56. The van der Waals surface area contributed by atoms with E-state index in [-0.39, 0.29) is 29.8 Å². The lowest BCUT2D eigenvalue weighted by atomic mass is 9.98. The maximum atomic E-state index is 12.8. The van der Waals surface area contributed by atoms with Crippen LogP contribution >= 0.6 is 0 Å². The Labute approximate surface area is 206 Å². The molecule has 0 saturated heterocycles. The summed E-state index contributed by atoms with van der Waals surface area (Å²) in [5.41, 5.74) is 2.11. The molecule has 3 aromatic rings. The molecule has 1 aliphatic heterocycles. The molecule has 0 saturated carbocycles. The van der Waals surface area contributed by atoms with Crippen molar-refractivity contribution < 1.29 is 19.5 Å². The number of aromatic amines is 2. The Balaban J connectivity index is 1.53. The van der Waals surface area contributed by atoms with Gasteiger partial charge in [0.1, 0.15) is 5.75 Å². The number of hydrogen-bond acceptors (Lipinski definition) is 6. The number of nitrogens with one attached hydrogen (secondary N) is 4. The molecule has 1 aliphatic rings. The Morgan fingerprint density at radius 1 is 0.917 bits per heavy atom. The van der Waals surface area contributed by atoms with Crippen molar-refractivity contribution in [3.63, 3.8) is 0 Å². The highest BCUT2D eigenvalue weighted by Gasteiger charge is 2.19. The number of benzene rings is 2. The van der Waals surface area contributed by atoms with E-state index >= 15 is 0 Å². The van der Waals surface area contributed by atoms with E-state index in [4.69, 9.17) is 0 Å². The Morgan fingerprint density at radius 3 is 2.53 bits per heavy atom. The molecule has 11 nitrogen and oxygen atoms in total. The average molecular weight is 493 g/mol. The van der Waals surface area contributed by atoms with Gasteiger partial charge in [-0.25, -0.2) is 9.89 Å². The van der Waals surface area contributed by atoms with Crippen molar-refractivity contribution in [3.05, 3.63) is 69.9 Å². The lowest BCUT2D eigenvalue weighted by molar-refractivity contribution is -0.121. The first-order valence-electron chi connectivity index (χ1n) is 11.8. The highest BCUT2D eigenvalue weighted by Crippen LogP contribution is 2.30. The largest absolute Gasteiger partial charge is 0.507 e. The van der Waals surface area contributed by atoms with Gasteiger partial charge in [-0.15, -0.1) is 5.10 Å². The third-order valence-corrected chi connectivity index (χ3v) is 5.95. The van der Waals surface area contributed by atoms with Gasteiger partial charge in [-0.05, 0) is 54.7 Å². The van der Waals surface area contributed by atoms with Crippen molar-refractivity contribution in [2.24, 2.45) is 0 Å². The van der Waals surface area contributed by atoms with E-state index in [0.717, 1.165) is 5.56 Å². The predicted molar refractivity (Wildman–Crippen MR) is 132 cm³/mol. The van der Waals surface area contributed by atoms with Gasteiger partial charge in [0.25, 0.3) is 11.8 Å². The molecule has 36 heavy (non-hydrogen) atoms. The molecule has 5 N–H and O–H groups in total. The number of hydrogen-bond donors (Lipinski definition) is 5. The number of fused-ring (bicyclic) bond motifs is 5. The molecule has 0 spiro atoms. The summed E-state index contributed by atoms with van der Waals surface area (Å²) in [6.45, 7) is 1.32. The molecule has 2 aromatic carbocycles. The topological polar surface area (TPSA) is 160 Å². The smallest absolute Gasteiger partial charge is 0.341 e. The van der Waals surface area contributed by atoms with Crippen LogP contribution in [0, 0.1) is 0 Å². The molecule has 0 unspecified atom stereocenters. The molecule has 2 heterocycles. The van der Waals surface area contributed by atoms with Crippen molar-refractivity contribution in [3.8, 4) is 16.9 Å². The van der Waals surface area contributed by atoms with Crippen LogP contribution in [0.1, 0.15) is 45.8 Å². The highest BCUT2D eigenvalue weighted by molar-refractivity contribution is 5.95. The van der Waals surface area contributed by atoms with Crippen LogP contribution < -0.4 is 16.3 Å². The third-order valence-electron chi connectivity index (χ3n) is 5.95. The molecule has 188 valence electrons. The number of carbonyl (C=O) groups excluding carboxylic acids is 3. The van der Waals surface area contributed by atoms with Gasteiger partial charge in [-0.1, -0.05) is 18.2 Å². The van der Waals surface area contributed by atoms with Crippen LogP contribution in [-0.2, 0) is 11.2 Å². The average Bonchev–Trinajstić information content (AvgIpc) is 3.31. The highest BCUT2D eigenvalue weighted by atomic mass is 16.3. The first kappa shape index (κ1) is 24.7. The number of phenolic OH excluding ortho intramolecular Hbond substituents is 1. The van der Waals surface area contributed by atoms with E-state index in [2.05, 4.69) is 25.8 Å². The Hall–Kier alpha value is -4.41. The zero-order chi connectivity index (χ0) is 25.5. The molecule has 0 fully saturated rings. The van der Waals surface area contributed by atoms with Gasteiger partial charge in [0.2, 0.25) is 11.7 Å². The number of rotatable bonds is 1. The number of phenols is 1. The second-order valence-corrected chi connectivity index (χ2v) is 8.56. The van der Waals surface area contributed by atoms with Gasteiger partial charge in [-0.2, -0.15) is 0 Å². The first-order valence-corrected chi connectivity index (χ1v) is 11.8. The van der Waals surface area contributed by atoms with Gasteiger partial charge in [0.05, 0.1) is 0 Å². The number of amides is 3. The van der Waals surface area contributed by atoms with Crippen LogP contribution in [0.5, 0.6) is 5.75 Å². The molecule has 1 aromatic heterocycles. The van der Waals surface area contributed by atoms with Gasteiger partial charge < -0.3 is 20.6 Å². The maximum Gasteiger partial charge on any atom is 0.341 e. The zero-order valence-corrected chi connectivity index (χ0v) is 19.7. The van der Waals surface area contributed by atoms with Crippen molar-refractivity contribution in [1.29, 1.82) is 0 Å². The zero-order valence-electron chi connectivity index (χ0n) is 19.7. The fourth-order valence-electron chi connectivity index (χ4n) is 4.07. The number of aromatic hydroxyl groups is 1. The molecule has 3 amide bonds. The summed E-state index contributed by atoms with van der Waals surface area (Å²) in [6.07, 6.45) is 1.68. The Morgan fingerprint density at radius 2 is 1.72 bits per heavy atom. The van der Waals surface area contributed by atoms with Gasteiger partial charge in [0, 0.05) is 43.7 Å². The lowest BCUT2D eigenvalue weighted by Crippen LogP contribution is -2.36. The molecule has 0 atom stereocenters. The summed E-state index contributed by atoms with van der Waals surface area (Å²) < 4.78 is 0. The van der Waals surface area contributed by atoms with Crippen molar-refractivity contribution >= 4 is 17.7 Å². The number of nitrogens with zero attached hydrogens (tertiary/aromatic N) is 2. The minimum atomic E-state index is -0.580. The van der Waals surface area contributed by atoms with Crippen LogP contribution in [-0.4, -0.2) is 69.1 Å². The van der Waals surface area contributed by atoms with Gasteiger partial charge in [-0.3, -0.25) is 19.4 Å². The number of H-pyrrole nitrogens is 2. The van der Waals surface area contributed by atoms with E-state index in [1.165, 1.54) is 4.90 Å². The standard InChI is InChI=1S/C25H28N6O5/c32-20-8-7-16-9-11-26-21(33)6-2-12-31(24(35)22-28-25(36)30-29-22)13-3-10-27-23(34)18-5-1-4-17(15-18)19(20)14-16/h1,4-5,7-8,14-15,32H,2-3,6,9-13H2,(H,26,33)(H,27,34)(H2,28,29,30,36). The fourth-order valence-corrected chi connectivity index (χ4v) is 4.07. The Kier molecular flexibility index (Phi) is 7.79. The molecular formula is C25H28N6O5. The van der Waals surface area contributed by atoms with Gasteiger partial charge in [0.15, 0.2) is 0 Å². The van der Waals surface area contributed by atoms with E-state index in [0.29, 0.717) is 62.1 Å². The van der Waals surface area contributed by atoms with Gasteiger partial charge >= 0.3 is 5.69 Å². The molecule has 11 heteroatoms. The molecular weight excluding hydrogens is 464 g/mol. The molecule has 0 radical (unpaired) electrons. The van der Waals surface area contributed by atoms with Crippen molar-refractivity contribution in [1.82, 2.24) is 30.7 Å². The monoisotopic (exact) mass is 492 g/mol. The van der Waals surface area contributed by atoms with E-state index in [9.17, 15) is 24.3 Å². The van der Waals surface area contributed by atoms with Crippen LogP contribution in [0.25, 0.3) is 11.1 Å². The fraction of sp³-hybridized carbons (Fsp3) is 0.320. The SMILES string of the molecule is O=C1CCCN(C(=O)c2n[nH]c(=O)[nH]2)CCCNC(=O)c2cccc(c2)-c2cc(ccc2O)CCN1. The normalized spacial score (nSPS) is 15.7. The summed E-state index contributed by atoms with van der Waals surface area (Å²) >= 11 is 0. The summed E-state index contributed by atoms with van der Waals surface area (Å²) in [7, 11) is 0. The minimum Gasteiger partial charge on any atom is -0.507 e. The molecule has 4 rings (SSSR count). The lowest BCUT2D eigenvalue weighted by Gasteiger charge is -2.21. The van der Waals surface area contributed by atoms with E-state index < -0.39 is 11.6 Å². The quantitative estimate of drug-likeness (QED) is 0.343. The third kappa shape index (κ3) is 6.17. The minimum absolute atomic E-state index is 0.103.